The van der Waals surface area contributed by atoms with Gasteiger partial charge >= 0.3 is 0 Å². The number of anilines is 2. The smallest absolute Gasteiger partial charge is 0.244 e. The van der Waals surface area contributed by atoms with E-state index in [-0.39, 0.29) is 5.82 Å². The van der Waals surface area contributed by atoms with Crippen LogP contribution in [0.2, 0.25) is 0 Å². The van der Waals surface area contributed by atoms with Gasteiger partial charge in [-0.3, -0.25) is 0 Å². The molecule has 0 saturated carbocycles. The standard InChI is InChI=1S/C20H22FN5/c1-2-26(15-16-8-4-3-5-9-16)19-14-23-25-20(24-19)22-13-12-17-10-6-7-11-18(17)21/h3-11,14H,2,12-13,15H2,1H3,(H,22,24,25). The van der Waals surface area contributed by atoms with E-state index in [4.69, 9.17) is 0 Å². The molecule has 3 rings (SSSR count). The number of nitrogens with one attached hydrogen (secondary N) is 1. The maximum absolute atomic E-state index is 13.7. The SMILES string of the molecule is CCN(Cc1ccccc1)c1cnnc(NCCc2ccccc2F)n1. The highest BCUT2D eigenvalue weighted by Crippen LogP contribution is 2.14. The summed E-state index contributed by atoms with van der Waals surface area (Å²) in [6.07, 6.45) is 2.22. The molecule has 26 heavy (non-hydrogen) atoms. The van der Waals surface area contributed by atoms with Gasteiger partial charge in [-0.1, -0.05) is 48.5 Å². The molecule has 6 heteroatoms. The van der Waals surface area contributed by atoms with Gasteiger partial charge in [0.05, 0.1) is 6.20 Å². The summed E-state index contributed by atoms with van der Waals surface area (Å²) in [4.78, 5) is 6.67. The van der Waals surface area contributed by atoms with Crippen molar-refractivity contribution >= 4 is 11.8 Å². The highest BCUT2D eigenvalue weighted by molar-refractivity contribution is 5.41. The molecule has 0 aliphatic heterocycles. The van der Waals surface area contributed by atoms with Crippen LogP contribution in [-0.2, 0) is 13.0 Å². The quantitative estimate of drug-likeness (QED) is 0.671. The van der Waals surface area contributed by atoms with Gasteiger partial charge < -0.3 is 10.2 Å². The van der Waals surface area contributed by atoms with Crippen molar-refractivity contribution in [3.63, 3.8) is 0 Å². The maximum Gasteiger partial charge on any atom is 0.244 e. The number of hydrogen-bond donors (Lipinski definition) is 1. The lowest BCUT2D eigenvalue weighted by Gasteiger charge is -2.21. The van der Waals surface area contributed by atoms with Gasteiger partial charge in [0, 0.05) is 19.6 Å². The van der Waals surface area contributed by atoms with Gasteiger partial charge in [-0.2, -0.15) is 10.1 Å². The fourth-order valence-electron chi connectivity index (χ4n) is 2.69. The van der Waals surface area contributed by atoms with Crippen LogP contribution < -0.4 is 10.2 Å². The van der Waals surface area contributed by atoms with E-state index in [0.29, 0.717) is 24.5 Å². The molecule has 2 aromatic carbocycles. The van der Waals surface area contributed by atoms with Crippen LogP contribution in [0, 0.1) is 5.82 Å². The molecule has 0 aliphatic carbocycles. The normalized spacial score (nSPS) is 10.5. The monoisotopic (exact) mass is 351 g/mol. The van der Waals surface area contributed by atoms with Crippen LogP contribution in [0.25, 0.3) is 0 Å². The van der Waals surface area contributed by atoms with Crippen molar-refractivity contribution in [3.8, 4) is 0 Å². The fraction of sp³-hybridized carbons (Fsp3) is 0.250. The molecule has 3 aromatic rings. The van der Waals surface area contributed by atoms with E-state index in [0.717, 1.165) is 18.9 Å². The summed E-state index contributed by atoms with van der Waals surface area (Å²) < 4.78 is 13.7. The average Bonchev–Trinajstić information content (AvgIpc) is 2.69. The van der Waals surface area contributed by atoms with Gasteiger partial charge in [-0.05, 0) is 30.5 Å². The van der Waals surface area contributed by atoms with Crippen LogP contribution in [0.15, 0.2) is 60.8 Å². The van der Waals surface area contributed by atoms with E-state index in [1.54, 1.807) is 18.3 Å². The van der Waals surface area contributed by atoms with E-state index >= 15 is 0 Å². The first-order chi connectivity index (χ1) is 12.8. The second kappa shape index (κ2) is 8.89. The van der Waals surface area contributed by atoms with Gasteiger partial charge in [-0.15, -0.1) is 5.10 Å². The molecule has 0 aliphatic rings. The van der Waals surface area contributed by atoms with E-state index in [1.807, 2.05) is 24.3 Å². The van der Waals surface area contributed by atoms with Gasteiger partial charge in [0.1, 0.15) is 5.82 Å². The summed E-state index contributed by atoms with van der Waals surface area (Å²) in [5, 5.41) is 11.2. The second-order valence-electron chi connectivity index (χ2n) is 5.91. The molecule has 5 nitrogen and oxygen atoms in total. The van der Waals surface area contributed by atoms with Gasteiger partial charge in [0.2, 0.25) is 5.95 Å². The predicted molar refractivity (Wildman–Crippen MR) is 102 cm³/mol. The zero-order chi connectivity index (χ0) is 18.2. The molecule has 0 fully saturated rings. The van der Waals surface area contributed by atoms with Crippen molar-refractivity contribution in [1.82, 2.24) is 15.2 Å². The Morgan fingerprint density at radius 1 is 1.04 bits per heavy atom. The van der Waals surface area contributed by atoms with Crippen LogP contribution in [0.5, 0.6) is 0 Å². The average molecular weight is 351 g/mol. The molecule has 134 valence electrons. The molecule has 0 radical (unpaired) electrons. The molecule has 0 amide bonds. The van der Waals surface area contributed by atoms with Gasteiger partial charge in [0.15, 0.2) is 5.82 Å². The van der Waals surface area contributed by atoms with E-state index in [9.17, 15) is 4.39 Å². The summed E-state index contributed by atoms with van der Waals surface area (Å²) in [5.41, 5.74) is 1.88. The first-order valence-corrected chi connectivity index (χ1v) is 8.72. The summed E-state index contributed by atoms with van der Waals surface area (Å²) in [5.74, 6) is 1.02. The Balaban J connectivity index is 1.62. The van der Waals surface area contributed by atoms with E-state index in [1.165, 1.54) is 11.6 Å². The Kier molecular flexibility index (Phi) is 6.09. The number of hydrogen-bond acceptors (Lipinski definition) is 5. The summed E-state index contributed by atoms with van der Waals surface area (Å²) in [6.45, 7) is 4.18. The number of halogens is 1. The van der Waals surface area contributed by atoms with Gasteiger partial charge in [-0.25, -0.2) is 4.39 Å². The summed E-state index contributed by atoms with van der Waals surface area (Å²) in [7, 11) is 0. The van der Waals surface area contributed by atoms with Crippen molar-refractivity contribution in [3.05, 3.63) is 77.7 Å². The lowest BCUT2D eigenvalue weighted by Crippen LogP contribution is -2.24. The summed E-state index contributed by atoms with van der Waals surface area (Å²) >= 11 is 0. The minimum absolute atomic E-state index is 0.192. The fourth-order valence-corrected chi connectivity index (χ4v) is 2.69. The van der Waals surface area contributed by atoms with Crippen LogP contribution >= 0.6 is 0 Å². The van der Waals surface area contributed by atoms with Crippen LogP contribution in [0.4, 0.5) is 16.2 Å². The molecule has 0 unspecified atom stereocenters. The Morgan fingerprint density at radius 2 is 1.81 bits per heavy atom. The van der Waals surface area contributed by atoms with Crippen molar-refractivity contribution < 1.29 is 4.39 Å². The van der Waals surface area contributed by atoms with E-state index in [2.05, 4.69) is 44.5 Å². The van der Waals surface area contributed by atoms with E-state index < -0.39 is 0 Å². The lowest BCUT2D eigenvalue weighted by atomic mass is 10.1. The Morgan fingerprint density at radius 3 is 2.58 bits per heavy atom. The molecule has 0 saturated heterocycles. The molecule has 1 aromatic heterocycles. The zero-order valence-electron chi connectivity index (χ0n) is 14.8. The van der Waals surface area contributed by atoms with Crippen molar-refractivity contribution in [2.75, 3.05) is 23.3 Å². The number of benzene rings is 2. The number of aromatic nitrogens is 3. The second-order valence-corrected chi connectivity index (χ2v) is 5.91. The topological polar surface area (TPSA) is 53.9 Å². The molecular formula is C20H22FN5. The third-order valence-electron chi connectivity index (χ3n) is 4.10. The lowest BCUT2D eigenvalue weighted by molar-refractivity contribution is 0.610. The summed E-state index contributed by atoms with van der Waals surface area (Å²) in [6, 6.07) is 17.0. The van der Waals surface area contributed by atoms with Crippen LogP contribution in [0.3, 0.4) is 0 Å². The molecule has 1 N–H and O–H groups in total. The minimum Gasteiger partial charge on any atom is -0.353 e. The van der Waals surface area contributed by atoms with Crippen LogP contribution in [0.1, 0.15) is 18.1 Å². The molecule has 0 atom stereocenters. The first kappa shape index (κ1) is 17.8. The number of rotatable bonds is 8. The van der Waals surface area contributed by atoms with Gasteiger partial charge in [0.25, 0.3) is 0 Å². The molecule has 0 spiro atoms. The largest absolute Gasteiger partial charge is 0.353 e. The third kappa shape index (κ3) is 4.75. The van der Waals surface area contributed by atoms with Crippen molar-refractivity contribution in [1.29, 1.82) is 0 Å². The van der Waals surface area contributed by atoms with Crippen molar-refractivity contribution in [2.45, 2.75) is 19.9 Å². The van der Waals surface area contributed by atoms with Crippen molar-refractivity contribution in [2.24, 2.45) is 0 Å². The molecular weight excluding hydrogens is 329 g/mol. The highest BCUT2D eigenvalue weighted by atomic mass is 19.1. The molecule has 0 bridgehead atoms. The maximum atomic E-state index is 13.7. The Labute approximate surface area is 152 Å². The predicted octanol–water partition coefficient (Wildman–Crippen LogP) is 3.69. The Bertz CT molecular complexity index is 825. The Hall–Kier alpha value is -3.02. The third-order valence-corrected chi connectivity index (χ3v) is 4.10. The zero-order valence-corrected chi connectivity index (χ0v) is 14.8. The van der Waals surface area contributed by atoms with Crippen LogP contribution in [-0.4, -0.2) is 28.3 Å². The number of nitrogens with zero attached hydrogens (tertiary/aromatic N) is 4. The highest BCUT2D eigenvalue weighted by Gasteiger charge is 2.09. The minimum atomic E-state index is -0.192. The first-order valence-electron chi connectivity index (χ1n) is 8.72. The molecule has 1 heterocycles.